The van der Waals surface area contributed by atoms with Crippen molar-refractivity contribution in [3.63, 3.8) is 0 Å². The Morgan fingerprint density at radius 3 is 2.66 bits per heavy atom. The van der Waals surface area contributed by atoms with Crippen LogP contribution < -0.4 is 21.1 Å². The molecule has 0 amide bonds. The summed E-state index contributed by atoms with van der Waals surface area (Å²) in [5, 5.41) is 20.4. The van der Waals surface area contributed by atoms with Gasteiger partial charge in [0.25, 0.3) is 0 Å². The van der Waals surface area contributed by atoms with E-state index in [1.54, 1.807) is 29.1 Å². The minimum atomic E-state index is -3.37. The molecule has 0 atom stereocenters. The van der Waals surface area contributed by atoms with Crippen LogP contribution in [0.3, 0.4) is 0 Å². The lowest BCUT2D eigenvalue weighted by Gasteiger charge is -2.24. The number of hydrogen-bond donors (Lipinski definition) is 3. The summed E-state index contributed by atoms with van der Waals surface area (Å²) < 4.78 is 30.9. The Labute approximate surface area is 205 Å². The highest BCUT2D eigenvalue weighted by Gasteiger charge is 2.19. The Morgan fingerprint density at radius 1 is 1.23 bits per heavy atom. The number of aryl methyl sites for hydroxylation is 1. The van der Waals surface area contributed by atoms with Gasteiger partial charge in [-0.2, -0.15) is 10.4 Å². The van der Waals surface area contributed by atoms with E-state index in [0.29, 0.717) is 34.3 Å². The molecule has 2 heterocycles. The van der Waals surface area contributed by atoms with Crippen LogP contribution in [0, 0.1) is 11.3 Å². The number of nitrogens with one attached hydrogen (secondary N) is 2. The number of rotatable bonds is 8. The van der Waals surface area contributed by atoms with Crippen molar-refractivity contribution < 1.29 is 13.2 Å². The Morgan fingerprint density at radius 2 is 2.00 bits per heavy atom. The van der Waals surface area contributed by atoms with E-state index in [2.05, 4.69) is 26.8 Å². The highest BCUT2D eigenvalue weighted by atomic mass is 32.2. The lowest BCUT2D eigenvalue weighted by molar-refractivity contribution is 0.380. The number of sulfone groups is 1. The lowest BCUT2D eigenvalue weighted by Crippen LogP contribution is -2.23. The Balaban J connectivity index is 1.66. The van der Waals surface area contributed by atoms with Gasteiger partial charge in [0.2, 0.25) is 0 Å². The van der Waals surface area contributed by atoms with Gasteiger partial charge in [0.1, 0.15) is 29.0 Å². The molecule has 2 aromatic heterocycles. The average Bonchev–Trinajstić information content (AvgIpc) is 3.25. The van der Waals surface area contributed by atoms with Gasteiger partial charge in [-0.3, -0.25) is 4.68 Å². The van der Waals surface area contributed by atoms with Gasteiger partial charge in [0.05, 0.1) is 17.6 Å². The molecule has 0 aliphatic heterocycles. The number of ether oxygens (including phenoxy) is 1. The number of nitrogens with zero attached hydrogens (tertiary/aromatic N) is 4. The molecule has 35 heavy (non-hydrogen) atoms. The van der Waals surface area contributed by atoms with E-state index >= 15 is 0 Å². The topological polar surface area (TPSA) is 148 Å². The summed E-state index contributed by atoms with van der Waals surface area (Å²) in [4.78, 5) is 4.62. The largest absolute Gasteiger partial charge is 0.476 e. The maximum atomic E-state index is 11.8. The standard InChI is InChI=1S/C24H29N7O3S/c1-31-14-17(13-27-31)16-8-9-21(22(10-16)34-15-35(2,32)33)29-23-11-20(26)19(12-25)24(30-23)28-18-6-4-3-5-7-18/h8-11,13-14,18H,3-7,15H2,1-2H3,(H4,26,28,29,30). The number of nitriles is 1. The molecule has 1 fully saturated rings. The lowest BCUT2D eigenvalue weighted by atomic mass is 9.95. The summed E-state index contributed by atoms with van der Waals surface area (Å²) in [6.07, 6.45) is 10.2. The highest BCUT2D eigenvalue weighted by Crippen LogP contribution is 2.34. The van der Waals surface area contributed by atoms with E-state index in [-0.39, 0.29) is 6.04 Å². The van der Waals surface area contributed by atoms with E-state index in [1.807, 2.05) is 19.3 Å². The summed E-state index contributed by atoms with van der Waals surface area (Å²) in [6, 6.07) is 9.37. The minimum absolute atomic E-state index is 0.241. The third-order valence-electron chi connectivity index (χ3n) is 5.82. The fourth-order valence-corrected chi connectivity index (χ4v) is 4.44. The Kier molecular flexibility index (Phi) is 7.12. The molecule has 4 rings (SSSR count). The highest BCUT2D eigenvalue weighted by molar-refractivity contribution is 7.90. The average molecular weight is 496 g/mol. The summed E-state index contributed by atoms with van der Waals surface area (Å²) >= 11 is 0. The van der Waals surface area contributed by atoms with Gasteiger partial charge < -0.3 is 21.1 Å². The van der Waals surface area contributed by atoms with Crippen molar-refractivity contribution in [1.29, 1.82) is 5.26 Å². The van der Waals surface area contributed by atoms with E-state index < -0.39 is 15.8 Å². The van der Waals surface area contributed by atoms with Crippen LogP contribution in [-0.2, 0) is 16.9 Å². The van der Waals surface area contributed by atoms with E-state index in [4.69, 9.17) is 10.5 Å². The molecule has 10 nitrogen and oxygen atoms in total. The van der Waals surface area contributed by atoms with Crippen LogP contribution in [0.15, 0.2) is 36.7 Å². The first-order chi connectivity index (χ1) is 16.7. The van der Waals surface area contributed by atoms with E-state index in [1.165, 1.54) is 6.42 Å². The number of benzene rings is 1. The van der Waals surface area contributed by atoms with Crippen LogP contribution in [0.1, 0.15) is 37.7 Å². The van der Waals surface area contributed by atoms with Crippen molar-refractivity contribution in [2.24, 2.45) is 7.05 Å². The zero-order valence-electron chi connectivity index (χ0n) is 19.8. The normalized spacial score (nSPS) is 14.3. The number of pyridine rings is 1. The van der Waals surface area contributed by atoms with Gasteiger partial charge >= 0.3 is 0 Å². The smallest absolute Gasteiger partial charge is 0.189 e. The molecule has 1 aliphatic carbocycles. The van der Waals surface area contributed by atoms with Crippen molar-refractivity contribution >= 4 is 32.8 Å². The van der Waals surface area contributed by atoms with Gasteiger partial charge in [-0.25, -0.2) is 13.4 Å². The predicted octanol–water partition coefficient (Wildman–Crippen LogP) is 3.81. The molecule has 184 valence electrons. The molecule has 1 aliphatic rings. The molecule has 0 saturated heterocycles. The van der Waals surface area contributed by atoms with E-state index in [0.717, 1.165) is 43.1 Å². The molecule has 1 saturated carbocycles. The van der Waals surface area contributed by atoms with Crippen molar-refractivity contribution in [1.82, 2.24) is 14.8 Å². The van der Waals surface area contributed by atoms with Crippen molar-refractivity contribution in [3.05, 3.63) is 42.2 Å². The second kappa shape index (κ2) is 10.2. The van der Waals surface area contributed by atoms with Crippen molar-refractivity contribution in [2.45, 2.75) is 38.1 Å². The fraction of sp³-hybridized carbons (Fsp3) is 0.375. The maximum Gasteiger partial charge on any atom is 0.189 e. The number of nitrogens with two attached hydrogens (primary N) is 1. The molecule has 0 bridgehead atoms. The predicted molar refractivity (Wildman–Crippen MR) is 136 cm³/mol. The number of nitrogen functional groups attached to an aromatic ring is 1. The van der Waals surface area contributed by atoms with Gasteiger partial charge in [-0.15, -0.1) is 0 Å². The van der Waals surface area contributed by atoms with Crippen LogP contribution in [0.5, 0.6) is 5.75 Å². The molecule has 1 aromatic carbocycles. The summed E-state index contributed by atoms with van der Waals surface area (Å²) in [7, 11) is -1.55. The molecule has 4 N–H and O–H groups in total. The van der Waals surface area contributed by atoms with Crippen LogP contribution in [0.4, 0.5) is 23.0 Å². The zero-order chi connectivity index (χ0) is 25.0. The first-order valence-electron chi connectivity index (χ1n) is 11.4. The first-order valence-corrected chi connectivity index (χ1v) is 13.5. The second-order valence-electron chi connectivity index (χ2n) is 8.84. The quantitative estimate of drug-likeness (QED) is 0.424. The van der Waals surface area contributed by atoms with Gasteiger partial charge in [0, 0.05) is 37.2 Å². The Hall–Kier alpha value is -3.78. The Bertz CT molecular complexity index is 1360. The van der Waals surface area contributed by atoms with Crippen LogP contribution in [0.25, 0.3) is 11.1 Å². The van der Waals surface area contributed by atoms with Crippen molar-refractivity contribution in [3.8, 4) is 22.9 Å². The van der Waals surface area contributed by atoms with Gasteiger partial charge in [-0.05, 0) is 30.5 Å². The molecule has 0 radical (unpaired) electrons. The molecular weight excluding hydrogens is 466 g/mol. The van der Waals surface area contributed by atoms with Gasteiger partial charge in [-0.1, -0.05) is 25.3 Å². The number of aromatic nitrogens is 3. The van der Waals surface area contributed by atoms with E-state index in [9.17, 15) is 13.7 Å². The third-order valence-corrected chi connectivity index (χ3v) is 6.36. The summed E-state index contributed by atoms with van der Waals surface area (Å²) in [5.74, 6) is 0.712. The van der Waals surface area contributed by atoms with Crippen LogP contribution in [-0.4, -0.2) is 41.4 Å². The zero-order valence-corrected chi connectivity index (χ0v) is 20.6. The fourth-order valence-electron chi connectivity index (χ4n) is 4.09. The molecule has 11 heteroatoms. The molecular formula is C24H29N7O3S. The number of hydrogen-bond acceptors (Lipinski definition) is 9. The summed E-state index contributed by atoms with van der Waals surface area (Å²) in [5.41, 5.74) is 8.99. The SMILES string of the molecule is Cn1cc(-c2ccc(Nc3cc(N)c(C#N)c(NC4CCCCC4)n3)c(OCS(C)(=O)=O)c2)cn1. The van der Waals surface area contributed by atoms with Crippen molar-refractivity contribution in [2.75, 3.05) is 28.6 Å². The molecule has 0 spiro atoms. The van der Waals surface area contributed by atoms with Gasteiger partial charge in [0.15, 0.2) is 15.8 Å². The second-order valence-corrected chi connectivity index (χ2v) is 10.9. The minimum Gasteiger partial charge on any atom is -0.476 e. The maximum absolute atomic E-state index is 11.8. The third kappa shape index (κ3) is 6.22. The van der Waals surface area contributed by atoms with Crippen LogP contribution in [0.2, 0.25) is 0 Å². The monoisotopic (exact) mass is 495 g/mol. The summed E-state index contributed by atoms with van der Waals surface area (Å²) in [6.45, 7) is 0. The number of anilines is 4. The molecule has 0 unspecified atom stereocenters. The first kappa shape index (κ1) is 24.3. The molecule has 3 aromatic rings. The van der Waals surface area contributed by atoms with Crippen LogP contribution >= 0.6 is 0 Å².